The molecule has 0 radical (unpaired) electrons. The first-order valence-corrected chi connectivity index (χ1v) is 6.28. The van der Waals surface area contributed by atoms with Crippen molar-refractivity contribution in [3.8, 4) is 5.75 Å². The quantitative estimate of drug-likeness (QED) is 0.634. The van der Waals surface area contributed by atoms with Crippen molar-refractivity contribution in [3.63, 3.8) is 0 Å². The van der Waals surface area contributed by atoms with Crippen molar-refractivity contribution in [1.82, 2.24) is 0 Å². The third-order valence-corrected chi connectivity index (χ3v) is 3.32. The van der Waals surface area contributed by atoms with Gasteiger partial charge in [0.25, 0.3) is 0 Å². The summed E-state index contributed by atoms with van der Waals surface area (Å²) in [5.41, 5.74) is 1.40. The van der Waals surface area contributed by atoms with E-state index in [1.54, 1.807) is 7.11 Å². The van der Waals surface area contributed by atoms with E-state index in [0.717, 1.165) is 11.3 Å². The number of rotatable bonds is 4. The maximum Gasteiger partial charge on any atom is 0.194 e. The Balaban J connectivity index is 1.71. The standard InChI is InChI=1S/C16H13FO3/c1-19-13-8-4-11(5-9-13)15-16(20-15)14(18)10-2-6-12(17)7-3-10/h2-9,15-16H,1H3/t15-,16+/m1/s1. The fraction of sp³-hybridized carbons (Fsp3) is 0.188. The molecule has 2 aromatic rings. The van der Waals surface area contributed by atoms with Crippen LogP contribution in [0, 0.1) is 5.82 Å². The Morgan fingerprint density at radius 2 is 1.75 bits per heavy atom. The molecule has 0 spiro atoms. The largest absolute Gasteiger partial charge is 0.497 e. The van der Waals surface area contributed by atoms with Crippen molar-refractivity contribution < 1.29 is 18.7 Å². The molecule has 4 heteroatoms. The molecule has 102 valence electrons. The van der Waals surface area contributed by atoms with E-state index >= 15 is 0 Å². The van der Waals surface area contributed by atoms with E-state index in [0.29, 0.717) is 5.56 Å². The van der Waals surface area contributed by atoms with Gasteiger partial charge < -0.3 is 9.47 Å². The lowest BCUT2D eigenvalue weighted by atomic mass is 10.0. The monoisotopic (exact) mass is 272 g/mol. The molecule has 0 amide bonds. The molecule has 0 aliphatic carbocycles. The van der Waals surface area contributed by atoms with E-state index in [-0.39, 0.29) is 17.7 Å². The summed E-state index contributed by atoms with van der Waals surface area (Å²) in [6, 6.07) is 12.9. The van der Waals surface area contributed by atoms with Gasteiger partial charge in [0.1, 0.15) is 17.7 Å². The van der Waals surface area contributed by atoms with Gasteiger partial charge in [-0.05, 0) is 42.0 Å². The first kappa shape index (κ1) is 12.8. The number of epoxide rings is 1. The van der Waals surface area contributed by atoms with E-state index in [1.807, 2.05) is 24.3 Å². The molecule has 1 fully saturated rings. The van der Waals surface area contributed by atoms with Crippen molar-refractivity contribution >= 4 is 5.78 Å². The summed E-state index contributed by atoms with van der Waals surface area (Å²) >= 11 is 0. The van der Waals surface area contributed by atoms with Crippen molar-refractivity contribution in [3.05, 3.63) is 65.5 Å². The van der Waals surface area contributed by atoms with Crippen LogP contribution in [0.2, 0.25) is 0 Å². The fourth-order valence-corrected chi connectivity index (χ4v) is 2.14. The number of hydrogen-bond acceptors (Lipinski definition) is 3. The molecule has 0 bridgehead atoms. The van der Waals surface area contributed by atoms with E-state index in [1.165, 1.54) is 24.3 Å². The number of benzene rings is 2. The van der Waals surface area contributed by atoms with Crippen LogP contribution < -0.4 is 4.74 Å². The van der Waals surface area contributed by atoms with Gasteiger partial charge in [-0.3, -0.25) is 4.79 Å². The van der Waals surface area contributed by atoms with Gasteiger partial charge in [-0.2, -0.15) is 0 Å². The lowest BCUT2D eigenvalue weighted by molar-refractivity contribution is 0.0953. The van der Waals surface area contributed by atoms with Crippen LogP contribution in [-0.4, -0.2) is 19.0 Å². The maximum absolute atomic E-state index is 12.8. The van der Waals surface area contributed by atoms with Gasteiger partial charge in [-0.1, -0.05) is 12.1 Å². The van der Waals surface area contributed by atoms with Crippen LogP contribution in [0.5, 0.6) is 5.75 Å². The van der Waals surface area contributed by atoms with E-state index in [4.69, 9.17) is 9.47 Å². The van der Waals surface area contributed by atoms with Crippen LogP contribution in [0.4, 0.5) is 4.39 Å². The van der Waals surface area contributed by atoms with Crippen LogP contribution in [-0.2, 0) is 4.74 Å². The molecule has 0 aromatic heterocycles. The first-order chi connectivity index (χ1) is 9.69. The third kappa shape index (κ3) is 2.42. The number of halogens is 1. The van der Waals surface area contributed by atoms with Crippen LogP contribution in [0.1, 0.15) is 22.0 Å². The summed E-state index contributed by atoms with van der Waals surface area (Å²) in [7, 11) is 1.60. The second-order valence-electron chi connectivity index (χ2n) is 4.62. The Morgan fingerprint density at radius 1 is 1.10 bits per heavy atom. The Kier molecular flexibility index (Phi) is 3.24. The first-order valence-electron chi connectivity index (χ1n) is 6.28. The Morgan fingerprint density at radius 3 is 2.35 bits per heavy atom. The maximum atomic E-state index is 12.8. The predicted octanol–water partition coefficient (Wildman–Crippen LogP) is 3.16. The number of ether oxygens (including phenoxy) is 2. The van der Waals surface area contributed by atoms with Crippen molar-refractivity contribution in [2.75, 3.05) is 7.11 Å². The van der Waals surface area contributed by atoms with Crippen LogP contribution in [0.25, 0.3) is 0 Å². The summed E-state index contributed by atoms with van der Waals surface area (Å²) in [6.07, 6.45) is -0.702. The molecular formula is C16H13FO3. The second-order valence-corrected chi connectivity index (χ2v) is 4.62. The number of carbonyl (C=O) groups excluding carboxylic acids is 1. The number of Topliss-reactive ketones (excluding diaryl/α,β-unsaturated/α-hetero) is 1. The van der Waals surface area contributed by atoms with E-state index in [9.17, 15) is 9.18 Å². The van der Waals surface area contributed by atoms with E-state index in [2.05, 4.69) is 0 Å². The molecule has 0 N–H and O–H groups in total. The third-order valence-electron chi connectivity index (χ3n) is 3.32. The van der Waals surface area contributed by atoms with Gasteiger partial charge in [0.15, 0.2) is 11.9 Å². The van der Waals surface area contributed by atoms with Gasteiger partial charge >= 0.3 is 0 Å². The summed E-state index contributed by atoms with van der Waals surface area (Å²) in [5.74, 6) is 0.284. The normalized spacial score (nSPS) is 20.5. The average Bonchev–Trinajstić information content (AvgIpc) is 3.28. The lowest BCUT2D eigenvalue weighted by Gasteiger charge is -2.00. The van der Waals surface area contributed by atoms with Gasteiger partial charge in [-0.15, -0.1) is 0 Å². The number of methoxy groups -OCH3 is 1. The average molecular weight is 272 g/mol. The molecule has 2 aromatic carbocycles. The lowest BCUT2D eigenvalue weighted by Crippen LogP contribution is -2.08. The highest BCUT2D eigenvalue weighted by Crippen LogP contribution is 2.41. The molecule has 2 atom stereocenters. The molecule has 1 saturated heterocycles. The zero-order chi connectivity index (χ0) is 14.1. The van der Waals surface area contributed by atoms with E-state index < -0.39 is 6.10 Å². The summed E-state index contributed by atoms with van der Waals surface area (Å²) < 4.78 is 23.3. The molecular weight excluding hydrogens is 259 g/mol. The highest BCUT2D eigenvalue weighted by molar-refractivity contribution is 6.01. The van der Waals surface area contributed by atoms with Crippen LogP contribution in [0.3, 0.4) is 0 Å². The molecule has 20 heavy (non-hydrogen) atoms. The summed E-state index contributed by atoms with van der Waals surface area (Å²) in [6.45, 7) is 0. The Labute approximate surface area is 115 Å². The minimum Gasteiger partial charge on any atom is -0.497 e. The van der Waals surface area contributed by atoms with Gasteiger partial charge in [0.05, 0.1) is 7.11 Å². The Bertz CT molecular complexity index is 619. The smallest absolute Gasteiger partial charge is 0.194 e. The molecule has 1 aliphatic rings. The highest BCUT2D eigenvalue weighted by Gasteiger charge is 2.46. The molecule has 1 heterocycles. The minimum atomic E-state index is -0.478. The van der Waals surface area contributed by atoms with Crippen LogP contribution in [0.15, 0.2) is 48.5 Å². The van der Waals surface area contributed by atoms with Crippen molar-refractivity contribution in [1.29, 1.82) is 0 Å². The zero-order valence-corrected chi connectivity index (χ0v) is 10.9. The van der Waals surface area contributed by atoms with Gasteiger partial charge in [-0.25, -0.2) is 4.39 Å². The number of ketones is 1. The van der Waals surface area contributed by atoms with Crippen molar-refractivity contribution in [2.45, 2.75) is 12.2 Å². The fourth-order valence-electron chi connectivity index (χ4n) is 2.14. The molecule has 0 unspecified atom stereocenters. The summed E-state index contributed by atoms with van der Waals surface area (Å²) in [5, 5.41) is 0. The summed E-state index contributed by atoms with van der Waals surface area (Å²) in [4.78, 5) is 12.2. The van der Waals surface area contributed by atoms with Crippen molar-refractivity contribution in [2.24, 2.45) is 0 Å². The number of hydrogen-bond donors (Lipinski definition) is 0. The SMILES string of the molecule is COc1ccc([C@H]2O[C@H]2C(=O)c2ccc(F)cc2)cc1. The Hall–Kier alpha value is -2.20. The number of carbonyl (C=O) groups is 1. The minimum absolute atomic E-state index is 0.120. The van der Waals surface area contributed by atoms with Gasteiger partial charge in [0, 0.05) is 5.56 Å². The van der Waals surface area contributed by atoms with Gasteiger partial charge in [0.2, 0.25) is 0 Å². The molecule has 0 saturated carbocycles. The predicted molar refractivity (Wildman–Crippen MR) is 71.3 cm³/mol. The zero-order valence-electron chi connectivity index (χ0n) is 10.9. The topological polar surface area (TPSA) is 38.8 Å². The van der Waals surface area contributed by atoms with Crippen LogP contribution >= 0.6 is 0 Å². The molecule has 3 rings (SSSR count). The molecule has 1 aliphatic heterocycles. The second kappa shape index (κ2) is 5.06. The molecule has 3 nitrogen and oxygen atoms in total. The highest BCUT2D eigenvalue weighted by atomic mass is 19.1.